The number of nitrogens with one attached hydrogen (secondary N) is 1. The van der Waals surface area contributed by atoms with Gasteiger partial charge in [-0.2, -0.15) is 0 Å². The molecule has 0 atom stereocenters. The fourth-order valence-corrected chi connectivity index (χ4v) is 4.95. The number of aromatic nitrogens is 4. The molecule has 0 spiro atoms. The average molecular weight is 435 g/mol. The Hall–Kier alpha value is -3.00. The maximum atomic E-state index is 13.2. The summed E-state index contributed by atoms with van der Waals surface area (Å²) in [4.78, 5) is 38.7. The van der Waals surface area contributed by atoms with Crippen LogP contribution in [-0.4, -0.2) is 54.9 Å². The lowest BCUT2D eigenvalue weighted by atomic mass is 9.93. The van der Waals surface area contributed by atoms with E-state index in [1.165, 1.54) is 5.56 Å². The van der Waals surface area contributed by atoms with Crippen molar-refractivity contribution in [3.05, 3.63) is 63.5 Å². The largest absolute Gasteiger partial charge is 0.338 e. The van der Waals surface area contributed by atoms with Gasteiger partial charge in [-0.15, -0.1) is 0 Å². The number of carbonyl (C=O) groups excluding carboxylic acids is 1. The van der Waals surface area contributed by atoms with Gasteiger partial charge >= 0.3 is 0 Å². The number of piperidine rings is 1. The molecule has 1 saturated heterocycles. The number of likely N-dealkylation sites (tertiary alicyclic amines) is 1. The van der Waals surface area contributed by atoms with Crippen molar-refractivity contribution in [2.24, 2.45) is 0 Å². The molecular formula is C24H30N6O2. The molecule has 0 aliphatic carbocycles. The van der Waals surface area contributed by atoms with Gasteiger partial charge in [-0.05, 0) is 44.0 Å². The molecule has 8 heteroatoms. The number of pyridine rings is 1. The molecule has 2 aliphatic heterocycles. The van der Waals surface area contributed by atoms with Crippen molar-refractivity contribution >= 4 is 11.6 Å². The topological polar surface area (TPSA) is 86.6 Å². The van der Waals surface area contributed by atoms with Crippen molar-refractivity contribution in [1.82, 2.24) is 29.4 Å². The van der Waals surface area contributed by atoms with Crippen LogP contribution in [0.25, 0.3) is 5.65 Å². The van der Waals surface area contributed by atoms with Gasteiger partial charge in [0.1, 0.15) is 0 Å². The maximum absolute atomic E-state index is 13.2. The van der Waals surface area contributed by atoms with E-state index in [2.05, 4.69) is 21.0 Å². The highest BCUT2D eigenvalue weighted by molar-refractivity contribution is 5.76. The maximum Gasteiger partial charge on any atom is 0.277 e. The normalized spacial score (nSPS) is 17.6. The van der Waals surface area contributed by atoms with Crippen LogP contribution in [0.5, 0.6) is 0 Å². The van der Waals surface area contributed by atoms with Gasteiger partial charge in [-0.1, -0.05) is 13.0 Å². The highest BCUT2D eigenvalue weighted by Gasteiger charge is 2.27. The van der Waals surface area contributed by atoms with Crippen molar-refractivity contribution < 1.29 is 4.79 Å². The zero-order valence-corrected chi connectivity index (χ0v) is 18.6. The number of nitrogens with zero attached hydrogens (tertiary/aromatic N) is 5. The third-order valence-electron chi connectivity index (χ3n) is 6.75. The second-order valence-corrected chi connectivity index (χ2v) is 8.97. The average Bonchev–Trinajstić information content (AvgIpc) is 3.25. The highest BCUT2D eigenvalue weighted by atomic mass is 16.2. The van der Waals surface area contributed by atoms with E-state index in [4.69, 9.17) is 4.98 Å². The van der Waals surface area contributed by atoms with Crippen LogP contribution >= 0.6 is 0 Å². The first kappa shape index (κ1) is 20.9. The van der Waals surface area contributed by atoms with E-state index in [0.717, 1.165) is 50.3 Å². The second-order valence-electron chi connectivity index (χ2n) is 8.97. The van der Waals surface area contributed by atoms with Crippen molar-refractivity contribution in [2.75, 3.05) is 19.6 Å². The summed E-state index contributed by atoms with van der Waals surface area (Å²) in [5.41, 5.74) is 4.43. The minimum Gasteiger partial charge on any atom is -0.338 e. The van der Waals surface area contributed by atoms with Gasteiger partial charge in [-0.25, -0.2) is 9.50 Å². The van der Waals surface area contributed by atoms with Gasteiger partial charge in [-0.3, -0.25) is 24.6 Å². The third kappa shape index (κ3) is 4.07. The minimum absolute atomic E-state index is 0.0701. The number of H-pyrrole nitrogens is 1. The number of rotatable bonds is 5. The summed E-state index contributed by atoms with van der Waals surface area (Å²) in [6.07, 6.45) is 7.81. The molecule has 5 rings (SSSR count). The van der Waals surface area contributed by atoms with E-state index in [-0.39, 0.29) is 11.5 Å². The van der Waals surface area contributed by atoms with Crippen LogP contribution in [0.3, 0.4) is 0 Å². The lowest BCUT2D eigenvalue weighted by molar-refractivity contribution is -0.132. The van der Waals surface area contributed by atoms with E-state index in [1.54, 1.807) is 15.6 Å². The molecule has 3 aromatic heterocycles. The molecular weight excluding hydrogens is 404 g/mol. The van der Waals surface area contributed by atoms with Gasteiger partial charge in [0.2, 0.25) is 5.91 Å². The SMILES string of the molecule is CCCC(=O)N1CCc2nc3cc(C4CCN(Cc5cccnc5)CC4)[nH]n3c(=O)c2C1. The van der Waals surface area contributed by atoms with E-state index < -0.39 is 0 Å². The Morgan fingerprint density at radius 2 is 2.09 bits per heavy atom. The fourth-order valence-electron chi connectivity index (χ4n) is 4.95. The predicted octanol–water partition coefficient (Wildman–Crippen LogP) is 2.48. The summed E-state index contributed by atoms with van der Waals surface area (Å²) < 4.78 is 1.57. The third-order valence-corrected chi connectivity index (χ3v) is 6.75. The summed E-state index contributed by atoms with van der Waals surface area (Å²) in [6.45, 7) is 5.96. The Morgan fingerprint density at radius 1 is 1.25 bits per heavy atom. The van der Waals surface area contributed by atoms with Gasteiger partial charge < -0.3 is 4.90 Å². The number of aromatic amines is 1. The summed E-state index contributed by atoms with van der Waals surface area (Å²) in [7, 11) is 0. The second kappa shape index (κ2) is 8.86. The molecule has 0 aromatic carbocycles. The molecule has 1 amide bonds. The molecule has 1 fully saturated rings. The number of fused-ring (bicyclic) bond motifs is 2. The fraction of sp³-hybridized carbons (Fsp3) is 0.500. The van der Waals surface area contributed by atoms with E-state index in [9.17, 15) is 9.59 Å². The first-order chi connectivity index (χ1) is 15.6. The molecule has 32 heavy (non-hydrogen) atoms. The summed E-state index contributed by atoms with van der Waals surface area (Å²) >= 11 is 0. The number of hydrogen-bond donors (Lipinski definition) is 1. The molecule has 3 aromatic rings. The molecule has 2 aliphatic rings. The molecule has 5 heterocycles. The molecule has 0 bridgehead atoms. The van der Waals surface area contributed by atoms with Crippen LogP contribution in [0.2, 0.25) is 0 Å². The molecule has 8 nitrogen and oxygen atoms in total. The molecule has 0 unspecified atom stereocenters. The molecule has 0 radical (unpaired) electrons. The van der Waals surface area contributed by atoms with Crippen LogP contribution in [0.4, 0.5) is 0 Å². The first-order valence-electron chi connectivity index (χ1n) is 11.6. The van der Waals surface area contributed by atoms with Crippen LogP contribution in [0.1, 0.15) is 61.0 Å². The standard InChI is InChI=1S/C24H30N6O2/c1-2-4-23(31)29-12-8-20-19(16-29)24(32)30-22(26-20)13-21(27-30)18-6-10-28(11-7-18)15-17-5-3-9-25-14-17/h3,5,9,13-14,18,27H,2,4,6-8,10-12,15-16H2,1H3. The van der Waals surface area contributed by atoms with E-state index in [0.29, 0.717) is 43.1 Å². The molecule has 1 N–H and O–H groups in total. The first-order valence-corrected chi connectivity index (χ1v) is 11.6. The molecule has 168 valence electrons. The molecule has 0 saturated carbocycles. The number of carbonyl (C=O) groups is 1. The van der Waals surface area contributed by atoms with Crippen LogP contribution in [0, 0.1) is 0 Å². The zero-order valence-electron chi connectivity index (χ0n) is 18.6. The number of hydrogen-bond acceptors (Lipinski definition) is 5. The zero-order chi connectivity index (χ0) is 22.1. The van der Waals surface area contributed by atoms with Crippen molar-refractivity contribution in [2.45, 2.75) is 58.0 Å². The minimum atomic E-state index is -0.0701. The Kier molecular flexibility index (Phi) is 5.78. The van der Waals surface area contributed by atoms with Crippen molar-refractivity contribution in [3.8, 4) is 0 Å². The predicted molar refractivity (Wildman–Crippen MR) is 121 cm³/mol. The van der Waals surface area contributed by atoms with Gasteiger partial charge in [0, 0.05) is 56.0 Å². The lowest BCUT2D eigenvalue weighted by Gasteiger charge is -2.31. The Bertz CT molecular complexity index is 1160. The van der Waals surface area contributed by atoms with E-state index >= 15 is 0 Å². The van der Waals surface area contributed by atoms with Gasteiger partial charge in [0.05, 0.1) is 17.8 Å². The Balaban J connectivity index is 1.31. The number of amides is 1. The lowest BCUT2D eigenvalue weighted by Crippen LogP contribution is -2.40. The Labute approximate surface area is 187 Å². The van der Waals surface area contributed by atoms with Crippen LogP contribution in [0.15, 0.2) is 35.4 Å². The van der Waals surface area contributed by atoms with Gasteiger partial charge in [0.25, 0.3) is 5.56 Å². The van der Waals surface area contributed by atoms with Gasteiger partial charge in [0.15, 0.2) is 5.65 Å². The van der Waals surface area contributed by atoms with Crippen LogP contribution < -0.4 is 5.56 Å². The summed E-state index contributed by atoms with van der Waals surface area (Å²) in [6, 6.07) is 6.14. The smallest absolute Gasteiger partial charge is 0.277 e. The summed E-state index contributed by atoms with van der Waals surface area (Å²) in [5, 5.41) is 3.33. The van der Waals surface area contributed by atoms with Crippen molar-refractivity contribution in [3.63, 3.8) is 0 Å². The summed E-state index contributed by atoms with van der Waals surface area (Å²) in [5.74, 6) is 0.508. The van der Waals surface area contributed by atoms with E-state index in [1.807, 2.05) is 25.3 Å². The van der Waals surface area contributed by atoms with Crippen LogP contribution in [-0.2, 0) is 24.3 Å². The quantitative estimate of drug-likeness (QED) is 0.667. The monoisotopic (exact) mass is 434 g/mol. The van der Waals surface area contributed by atoms with Crippen molar-refractivity contribution in [1.29, 1.82) is 0 Å². The highest BCUT2D eigenvalue weighted by Crippen LogP contribution is 2.28. The Morgan fingerprint density at radius 3 is 2.84 bits per heavy atom.